The summed E-state index contributed by atoms with van der Waals surface area (Å²) in [5.74, 6) is -1.41. The number of likely N-dealkylation sites (tertiary alicyclic amines) is 1. The molecule has 29 heavy (non-hydrogen) atoms. The normalized spacial score (nSPS) is 20.2. The topological polar surface area (TPSA) is 91.7 Å². The van der Waals surface area contributed by atoms with Gasteiger partial charge in [-0.05, 0) is 36.1 Å². The Morgan fingerprint density at radius 1 is 1.07 bits per heavy atom. The van der Waals surface area contributed by atoms with Gasteiger partial charge in [0.15, 0.2) is 0 Å². The molecule has 0 N–H and O–H groups in total. The zero-order valence-corrected chi connectivity index (χ0v) is 16.4. The van der Waals surface area contributed by atoms with Gasteiger partial charge in [-0.25, -0.2) is 0 Å². The van der Waals surface area contributed by atoms with Gasteiger partial charge < -0.3 is 24.1 Å². The van der Waals surface area contributed by atoms with Gasteiger partial charge in [0.1, 0.15) is 6.61 Å². The average molecular weight is 416 g/mol. The highest BCUT2D eigenvalue weighted by molar-refractivity contribution is 6.30. The van der Waals surface area contributed by atoms with Gasteiger partial charge in [-0.2, -0.15) is 0 Å². The minimum absolute atomic E-state index is 0.0205. The second-order valence-corrected chi connectivity index (χ2v) is 7.99. The van der Waals surface area contributed by atoms with Crippen molar-refractivity contribution in [2.45, 2.75) is 18.9 Å². The van der Waals surface area contributed by atoms with Crippen molar-refractivity contribution < 1.29 is 19.4 Å². The lowest BCUT2D eigenvalue weighted by molar-refractivity contribution is -0.309. The monoisotopic (exact) mass is 415 g/mol. The van der Waals surface area contributed by atoms with Crippen molar-refractivity contribution in [1.29, 1.82) is 0 Å². The highest BCUT2D eigenvalue weighted by Gasteiger charge is 2.37. The molecule has 0 radical (unpaired) electrons. The Kier molecular flexibility index (Phi) is 5.43. The van der Waals surface area contributed by atoms with Crippen LogP contribution in [0.25, 0.3) is 11.1 Å². The summed E-state index contributed by atoms with van der Waals surface area (Å²) in [6.07, 6.45) is 0.897. The Bertz CT molecular complexity index is 1000. The van der Waals surface area contributed by atoms with Crippen molar-refractivity contribution in [1.82, 2.24) is 9.47 Å². The number of halogens is 1. The van der Waals surface area contributed by atoms with Gasteiger partial charge in [0.05, 0.1) is 12.6 Å². The van der Waals surface area contributed by atoms with E-state index < -0.39 is 12.6 Å². The second kappa shape index (κ2) is 8.00. The van der Waals surface area contributed by atoms with Crippen molar-refractivity contribution in [2.24, 2.45) is 5.92 Å². The molecule has 2 aliphatic rings. The number of carbonyl (C=O) groups is 2. The number of carboxylic acids is 1. The molecule has 0 spiro atoms. The lowest BCUT2D eigenvalue weighted by Gasteiger charge is -2.43. The fourth-order valence-electron chi connectivity index (χ4n) is 4.41. The number of nitrogens with zero attached hydrogens (tertiary/aromatic N) is 2. The van der Waals surface area contributed by atoms with Gasteiger partial charge in [0, 0.05) is 47.9 Å². The molecule has 4 rings (SSSR count). The van der Waals surface area contributed by atoms with E-state index in [1.165, 1.54) is 0 Å². The molecule has 8 heteroatoms. The summed E-state index contributed by atoms with van der Waals surface area (Å²) in [5, 5.41) is 11.1. The van der Waals surface area contributed by atoms with Gasteiger partial charge in [0.2, 0.25) is 5.91 Å². The number of fused-ring (bicyclic) bond motifs is 4. The third-order valence-corrected chi connectivity index (χ3v) is 5.80. The number of ether oxygens (including phenoxy) is 1. The number of pyridine rings is 1. The molecule has 3 heterocycles. The smallest absolute Gasteiger partial charge is 0.250 e. The Balaban J connectivity index is 1.62. The van der Waals surface area contributed by atoms with Gasteiger partial charge >= 0.3 is 0 Å². The molecule has 0 unspecified atom stereocenters. The van der Waals surface area contributed by atoms with Crippen molar-refractivity contribution in [3.05, 3.63) is 57.5 Å². The maximum atomic E-state index is 12.5. The molecule has 7 nitrogen and oxygen atoms in total. The van der Waals surface area contributed by atoms with E-state index in [0.29, 0.717) is 24.7 Å². The Hall–Kier alpha value is -2.64. The summed E-state index contributed by atoms with van der Waals surface area (Å²) < 4.78 is 6.73. The summed E-state index contributed by atoms with van der Waals surface area (Å²) in [7, 11) is 0. The molecule has 1 saturated heterocycles. The van der Waals surface area contributed by atoms with Crippen LogP contribution in [-0.4, -0.2) is 47.6 Å². The average Bonchev–Trinajstić information content (AvgIpc) is 2.69. The highest BCUT2D eigenvalue weighted by Crippen LogP contribution is 2.40. The Morgan fingerprint density at radius 2 is 1.83 bits per heavy atom. The predicted molar refractivity (Wildman–Crippen MR) is 104 cm³/mol. The number of carboxylic acid groups (broad SMARTS) is 1. The number of carbonyl (C=O) groups excluding carboxylic acids is 2. The van der Waals surface area contributed by atoms with Crippen LogP contribution >= 0.6 is 11.6 Å². The molecule has 2 aromatic rings. The van der Waals surface area contributed by atoms with Crippen LogP contribution in [0.4, 0.5) is 0 Å². The second-order valence-electron chi connectivity index (χ2n) is 7.55. The Labute approximate surface area is 172 Å². The highest BCUT2D eigenvalue weighted by atomic mass is 35.5. The summed E-state index contributed by atoms with van der Waals surface area (Å²) in [6, 6.07) is 10.9. The van der Waals surface area contributed by atoms with Crippen LogP contribution in [0.1, 0.15) is 18.0 Å². The van der Waals surface area contributed by atoms with Crippen molar-refractivity contribution >= 4 is 23.5 Å². The first kappa shape index (κ1) is 19.7. The summed E-state index contributed by atoms with van der Waals surface area (Å²) in [5.41, 5.74) is 2.83. The first-order valence-corrected chi connectivity index (χ1v) is 9.85. The minimum Gasteiger partial charge on any atom is -0.548 e. The molecule has 1 amide bonds. The van der Waals surface area contributed by atoms with Crippen LogP contribution in [-0.2, 0) is 20.9 Å². The van der Waals surface area contributed by atoms with Crippen LogP contribution in [0, 0.1) is 5.92 Å². The SMILES string of the molecule is O=C([O-])COCC(=O)N1C[C@@H]2C[C@H](C1)c1c(-c3ccc(Cl)cc3)ccc(=O)n1C2. The van der Waals surface area contributed by atoms with Gasteiger partial charge in [-0.1, -0.05) is 23.7 Å². The minimum atomic E-state index is -1.35. The van der Waals surface area contributed by atoms with Crippen LogP contribution in [0.3, 0.4) is 0 Å². The molecule has 1 aromatic carbocycles. The third-order valence-electron chi connectivity index (χ3n) is 5.54. The number of hydrogen-bond donors (Lipinski definition) is 0. The summed E-state index contributed by atoms with van der Waals surface area (Å²) >= 11 is 6.02. The molecule has 152 valence electrons. The van der Waals surface area contributed by atoms with E-state index in [1.54, 1.807) is 11.0 Å². The maximum Gasteiger partial charge on any atom is 0.250 e. The number of aliphatic carboxylic acids is 1. The predicted octanol–water partition coefficient (Wildman–Crippen LogP) is 0.881. The van der Waals surface area contributed by atoms with E-state index in [0.717, 1.165) is 23.2 Å². The van der Waals surface area contributed by atoms with E-state index >= 15 is 0 Å². The van der Waals surface area contributed by atoms with E-state index in [2.05, 4.69) is 0 Å². The molecule has 0 aliphatic carbocycles. The molecule has 2 atom stereocenters. The molecule has 0 saturated carbocycles. The molecule has 1 fully saturated rings. The van der Waals surface area contributed by atoms with Crippen molar-refractivity contribution in [3.63, 3.8) is 0 Å². The van der Waals surface area contributed by atoms with Crippen LogP contribution < -0.4 is 10.7 Å². The van der Waals surface area contributed by atoms with Gasteiger partial charge in [-0.15, -0.1) is 0 Å². The fourth-order valence-corrected chi connectivity index (χ4v) is 4.53. The number of amides is 1. The largest absolute Gasteiger partial charge is 0.548 e. The maximum absolute atomic E-state index is 12.5. The molecular formula is C21H20ClN2O5-. The van der Waals surface area contributed by atoms with Crippen molar-refractivity contribution in [2.75, 3.05) is 26.3 Å². The van der Waals surface area contributed by atoms with E-state index in [9.17, 15) is 19.5 Å². The van der Waals surface area contributed by atoms with Crippen LogP contribution in [0.5, 0.6) is 0 Å². The standard InChI is InChI=1S/C21H21ClN2O5/c22-16-3-1-14(2-4-16)17-5-6-18(25)24-9-13-7-15(21(17)24)10-23(8-13)19(26)11-29-12-20(27)28/h1-6,13,15H,7-12H2,(H,27,28)/p-1/t13-,15+/m0/s1. The molecule has 1 aromatic heterocycles. The lowest BCUT2D eigenvalue weighted by atomic mass is 9.80. The third kappa shape index (κ3) is 4.06. The van der Waals surface area contributed by atoms with Crippen molar-refractivity contribution in [3.8, 4) is 11.1 Å². The fraction of sp³-hybridized carbons (Fsp3) is 0.381. The first-order valence-electron chi connectivity index (χ1n) is 9.47. The molecule has 2 aliphatic heterocycles. The zero-order valence-electron chi connectivity index (χ0n) is 15.7. The number of piperidine rings is 1. The van der Waals surface area contributed by atoms with E-state index in [-0.39, 0.29) is 29.9 Å². The number of hydrogen-bond acceptors (Lipinski definition) is 5. The number of aromatic nitrogens is 1. The van der Waals surface area contributed by atoms with E-state index in [4.69, 9.17) is 16.3 Å². The zero-order chi connectivity index (χ0) is 20.5. The van der Waals surface area contributed by atoms with Crippen LogP contribution in [0.2, 0.25) is 5.02 Å². The molecule has 2 bridgehead atoms. The van der Waals surface area contributed by atoms with Gasteiger partial charge in [0.25, 0.3) is 5.56 Å². The van der Waals surface area contributed by atoms with E-state index in [1.807, 2.05) is 34.9 Å². The quantitative estimate of drug-likeness (QED) is 0.723. The van der Waals surface area contributed by atoms with Gasteiger partial charge in [-0.3, -0.25) is 9.59 Å². The lowest BCUT2D eigenvalue weighted by Crippen LogP contribution is -2.50. The molecular weight excluding hydrogens is 396 g/mol. The number of benzene rings is 1. The van der Waals surface area contributed by atoms with Crippen LogP contribution in [0.15, 0.2) is 41.2 Å². The first-order chi connectivity index (χ1) is 13.9. The summed E-state index contributed by atoms with van der Waals surface area (Å²) in [6.45, 7) is 0.648. The number of rotatable bonds is 5. The Morgan fingerprint density at radius 3 is 2.55 bits per heavy atom. The summed E-state index contributed by atoms with van der Waals surface area (Å²) in [4.78, 5) is 37.2.